The first-order valence-corrected chi connectivity index (χ1v) is 10.2. The van der Waals surface area contributed by atoms with Crippen LogP contribution in [0.4, 0.5) is 5.82 Å². The molecule has 3 fully saturated rings. The standard InChI is InChI=1S/C16H19N3O4S/c1-24(22,23)13-17-8-10-11(18-13)19(12(20)16(10)6-7-16)14-2-4-15(21,9-14)5-3-14/h8,21H,2-7,9H2,1H3. The quantitative estimate of drug-likeness (QED) is 0.789. The van der Waals surface area contributed by atoms with Gasteiger partial charge in [0.1, 0.15) is 5.82 Å². The molecule has 4 aliphatic rings. The minimum absolute atomic E-state index is 0.0172. The fourth-order valence-electron chi connectivity index (χ4n) is 4.97. The first kappa shape index (κ1) is 14.8. The third-order valence-corrected chi connectivity index (χ3v) is 7.27. The van der Waals surface area contributed by atoms with Crippen molar-refractivity contribution in [1.82, 2.24) is 9.97 Å². The number of sulfone groups is 1. The van der Waals surface area contributed by atoms with E-state index in [1.54, 1.807) is 4.90 Å². The lowest BCUT2D eigenvalue weighted by atomic mass is 9.91. The van der Waals surface area contributed by atoms with Crippen molar-refractivity contribution in [1.29, 1.82) is 0 Å². The van der Waals surface area contributed by atoms with Crippen molar-refractivity contribution in [2.75, 3.05) is 11.2 Å². The first-order chi connectivity index (χ1) is 11.2. The lowest BCUT2D eigenvalue weighted by Crippen LogP contribution is -2.49. The van der Waals surface area contributed by atoms with Gasteiger partial charge in [-0.3, -0.25) is 9.69 Å². The number of amides is 1. The molecule has 1 spiro atoms. The smallest absolute Gasteiger partial charge is 0.248 e. The van der Waals surface area contributed by atoms with E-state index in [2.05, 4.69) is 9.97 Å². The van der Waals surface area contributed by atoms with Crippen molar-refractivity contribution in [2.45, 2.75) is 66.7 Å². The van der Waals surface area contributed by atoms with Crippen molar-refractivity contribution in [3.05, 3.63) is 11.8 Å². The maximum atomic E-state index is 13.2. The average Bonchev–Trinajstić information content (AvgIpc) is 3.08. The monoisotopic (exact) mass is 349 g/mol. The molecule has 0 radical (unpaired) electrons. The van der Waals surface area contributed by atoms with Gasteiger partial charge in [-0.1, -0.05) is 0 Å². The highest BCUT2D eigenvalue weighted by atomic mass is 32.2. The highest BCUT2D eigenvalue weighted by Gasteiger charge is 2.67. The maximum Gasteiger partial charge on any atom is 0.248 e. The number of fused-ring (bicyclic) bond motifs is 4. The van der Waals surface area contributed by atoms with Gasteiger partial charge in [-0.2, -0.15) is 0 Å². The van der Waals surface area contributed by atoms with Crippen molar-refractivity contribution in [3.8, 4) is 0 Å². The van der Waals surface area contributed by atoms with Crippen LogP contribution in [0.25, 0.3) is 0 Å². The molecule has 1 aliphatic heterocycles. The molecule has 7 nitrogen and oxygen atoms in total. The van der Waals surface area contributed by atoms with Crippen LogP contribution in [0, 0.1) is 0 Å². The van der Waals surface area contributed by atoms with Gasteiger partial charge < -0.3 is 5.11 Å². The Balaban J connectivity index is 1.70. The molecule has 1 amide bonds. The Bertz CT molecular complexity index is 883. The summed E-state index contributed by atoms with van der Waals surface area (Å²) >= 11 is 0. The van der Waals surface area contributed by atoms with E-state index in [-0.39, 0.29) is 11.1 Å². The van der Waals surface area contributed by atoms with Crippen LogP contribution in [-0.4, -0.2) is 46.8 Å². The van der Waals surface area contributed by atoms with Crippen LogP contribution in [-0.2, 0) is 20.0 Å². The van der Waals surface area contributed by atoms with E-state index in [0.29, 0.717) is 25.1 Å². The van der Waals surface area contributed by atoms with Gasteiger partial charge >= 0.3 is 0 Å². The van der Waals surface area contributed by atoms with Gasteiger partial charge in [0.2, 0.25) is 20.9 Å². The molecule has 2 heterocycles. The van der Waals surface area contributed by atoms with Crippen LogP contribution < -0.4 is 4.90 Å². The molecule has 1 aromatic rings. The number of aromatic nitrogens is 2. The minimum Gasteiger partial charge on any atom is -0.390 e. The molecule has 5 rings (SSSR count). The third kappa shape index (κ3) is 1.65. The van der Waals surface area contributed by atoms with E-state index >= 15 is 0 Å². The molecule has 1 N–H and O–H groups in total. The Morgan fingerprint density at radius 3 is 2.33 bits per heavy atom. The summed E-state index contributed by atoms with van der Waals surface area (Å²) in [6, 6.07) is 0. The molecule has 0 atom stereocenters. The molecule has 3 aliphatic carbocycles. The summed E-state index contributed by atoms with van der Waals surface area (Å²) in [7, 11) is -3.54. The molecule has 1 aromatic heterocycles. The van der Waals surface area contributed by atoms with Crippen LogP contribution in [0.15, 0.2) is 11.4 Å². The van der Waals surface area contributed by atoms with Gasteiger partial charge in [-0.25, -0.2) is 18.4 Å². The summed E-state index contributed by atoms with van der Waals surface area (Å²) in [6.07, 6.45) is 7.52. The third-order valence-electron chi connectivity index (χ3n) is 6.41. The summed E-state index contributed by atoms with van der Waals surface area (Å²) in [5.41, 5.74) is -0.900. The number of carbonyl (C=O) groups excluding carboxylic acids is 1. The molecular formula is C16H19N3O4S. The first-order valence-electron chi connectivity index (χ1n) is 8.34. The predicted octanol–water partition coefficient (Wildman–Crippen LogP) is 0.706. The molecule has 0 aromatic carbocycles. The zero-order valence-corrected chi connectivity index (χ0v) is 14.3. The Labute approximate surface area is 140 Å². The summed E-state index contributed by atoms with van der Waals surface area (Å²) in [4.78, 5) is 23.2. The highest BCUT2D eigenvalue weighted by molar-refractivity contribution is 7.90. The SMILES string of the molecule is CS(=O)(=O)c1ncc2c(n1)N(C13CCC(O)(CC1)C3)C(=O)C21CC1. The number of nitrogens with zero attached hydrogens (tertiary/aromatic N) is 3. The van der Waals surface area contributed by atoms with Gasteiger partial charge in [-0.15, -0.1) is 0 Å². The van der Waals surface area contributed by atoms with Crippen molar-refractivity contribution in [3.63, 3.8) is 0 Å². The fourth-order valence-corrected chi connectivity index (χ4v) is 5.46. The number of anilines is 1. The number of aliphatic hydroxyl groups is 1. The topological polar surface area (TPSA) is 100 Å². The molecule has 0 unspecified atom stereocenters. The van der Waals surface area contributed by atoms with Crippen molar-refractivity contribution < 1.29 is 18.3 Å². The molecule has 8 heteroatoms. The van der Waals surface area contributed by atoms with Crippen LogP contribution in [0.2, 0.25) is 0 Å². The van der Waals surface area contributed by atoms with Crippen LogP contribution in [0.1, 0.15) is 50.5 Å². The molecular weight excluding hydrogens is 330 g/mol. The van der Waals surface area contributed by atoms with E-state index in [1.165, 1.54) is 6.20 Å². The van der Waals surface area contributed by atoms with Gasteiger partial charge in [0.05, 0.1) is 16.6 Å². The van der Waals surface area contributed by atoms with Crippen LogP contribution in [0.3, 0.4) is 0 Å². The van der Waals surface area contributed by atoms with Gasteiger partial charge in [0.25, 0.3) is 0 Å². The number of carbonyl (C=O) groups is 1. The average molecular weight is 349 g/mol. The van der Waals surface area contributed by atoms with Gasteiger partial charge in [0.15, 0.2) is 0 Å². The number of hydrogen-bond donors (Lipinski definition) is 1. The fraction of sp³-hybridized carbons (Fsp3) is 0.688. The normalized spacial score (nSPS) is 35.8. The second-order valence-corrected chi connectivity index (χ2v) is 9.92. The van der Waals surface area contributed by atoms with Crippen LogP contribution in [0.5, 0.6) is 0 Å². The predicted molar refractivity (Wildman–Crippen MR) is 84.3 cm³/mol. The van der Waals surface area contributed by atoms with Gasteiger partial charge in [-0.05, 0) is 44.9 Å². The molecule has 24 heavy (non-hydrogen) atoms. The highest BCUT2D eigenvalue weighted by Crippen LogP contribution is 2.62. The van der Waals surface area contributed by atoms with Crippen LogP contribution >= 0.6 is 0 Å². The largest absolute Gasteiger partial charge is 0.390 e. The van der Waals surface area contributed by atoms with Crippen molar-refractivity contribution in [2.24, 2.45) is 0 Å². The van der Waals surface area contributed by atoms with E-state index < -0.39 is 26.4 Å². The van der Waals surface area contributed by atoms with E-state index in [0.717, 1.165) is 37.5 Å². The Morgan fingerprint density at radius 1 is 1.17 bits per heavy atom. The maximum absolute atomic E-state index is 13.2. The zero-order valence-electron chi connectivity index (χ0n) is 13.4. The minimum atomic E-state index is -3.54. The Hall–Kier alpha value is -1.54. The summed E-state index contributed by atoms with van der Waals surface area (Å²) in [5.74, 6) is 0.475. The molecule has 0 saturated heterocycles. The summed E-state index contributed by atoms with van der Waals surface area (Å²) in [5, 5.41) is 10.3. The molecule has 128 valence electrons. The number of rotatable bonds is 2. The van der Waals surface area contributed by atoms with Gasteiger partial charge in [0, 0.05) is 18.0 Å². The Morgan fingerprint density at radius 2 is 1.83 bits per heavy atom. The summed E-state index contributed by atoms with van der Waals surface area (Å²) < 4.78 is 23.7. The second-order valence-electron chi connectivity index (χ2n) is 8.01. The number of hydrogen-bond acceptors (Lipinski definition) is 6. The van der Waals surface area contributed by atoms with E-state index in [1.807, 2.05) is 0 Å². The van der Waals surface area contributed by atoms with E-state index in [9.17, 15) is 18.3 Å². The van der Waals surface area contributed by atoms with Crippen molar-refractivity contribution >= 4 is 21.6 Å². The lowest BCUT2D eigenvalue weighted by molar-refractivity contribution is -0.121. The Kier molecular flexibility index (Phi) is 2.46. The zero-order chi connectivity index (χ0) is 17.0. The second kappa shape index (κ2) is 3.99. The lowest BCUT2D eigenvalue weighted by Gasteiger charge is -2.37. The summed E-state index contributed by atoms with van der Waals surface area (Å²) in [6.45, 7) is 0. The molecule has 3 saturated carbocycles. The van der Waals surface area contributed by atoms with E-state index in [4.69, 9.17) is 0 Å². The molecule has 2 bridgehead atoms.